The van der Waals surface area contributed by atoms with Crippen molar-refractivity contribution in [1.29, 1.82) is 0 Å². The normalized spacial score (nSPS) is 11.1. The van der Waals surface area contributed by atoms with Crippen LogP contribution in [-0.4, -0.2) is 29.6 Å². The van der Waals surface area contributed by atoms with Gasteiger partial charge in [-0.05, 0) is 18.6 Å². The van der Waals surface area contributed by atoms with Crippen LogP contribution in [0.2, 0.25) is 0 Å². The van der Waals surface area contributed by atoms with E-state index in [0.717, 1.165) is 10.3 Å². The molecule has 0 unspecified atom stereocenters. The maximum absolute atomic E-state index is 12.4. The van der Waals surface area contributed by atoms with Gasteiger partial charge in [0, 0.05) is 43.9 Å². The third-order valence-corrected chi connectivity index (χ3v) is 3.97. The van der Waals surface area contributed by atoms with Crippen LogP contribution in [0.3, 0.4) is 0 Å². The van der Waals surface area contributed by atoms with Crippen LogP contribution in [0.25, 0.3) is 16.8 Å². The minimum atomic E-state index is -0.876. The molecule has 24 heavy (non-hydrogen) atoms. The Balaban J connectivity index is 2.21. The standard InChI is InChI=1S/C16H16N4O4/c1-18-9-12(15(23)19(2)16(18)24)11-5-3-10(4-6-13(21)22)20-8-7-17-14(11)20/h3,5,7-9H,4,6H2,1-2H3,(H,21,22). The first-order valence-electron chi connectivity index (χ1n) is 7.34. The second-order valence-corrected chi connectivity index (χ2v) is 5.55. The fraction of sp³-hybridized carbons (Fsp3) is 0.250. The van der Waals surface area contributed by atoms with Crippen LogP contribution in [0.1, 0.15) is 12.1 Å². The molecule has 0 saturated carbocycles. The number of rotatable bonds is 4. The van der Waals surface area contributed by atoms with Crippen molar-refractivity contribution in [2.75, 3.05) is 0 Å². The number of carboxylic acid groups (broad SMARTS) is 1. The van der Waals surface area contributed by atoms with Crippen molar-refractivity contribution in [3.63, 3.8) is 0 Å². The summed E-state index contributed by atoms with van der Waals surface area (Å²) in [5, 5.41) is 8.85. The molecule has 0 aliphatic heterocycles. The van der Waals surface area contributed by atoms with E-state index in [4.69, 9.17) is 5.11 Å². The summed E-state index contributed by atoms with van der Waals surface area (Å²) in [6.45, 7) is 0. The fourth-order valence-corrected chi connectivity index (χ4v) is 2.71. The number of carbonyl (C=O) groups is 1. The summed E-state index contributed by atoms with van der Waals surface area (Å²) in [5.74, 6) is -0.876. The number of carboxylic acids is 1. The lowest BCUT2D eigenvalue weighted by molar-refractivity contribution is -0.136. The zero-order valence-electron chi connectivity index (χ0n) is 13.3. The van der Waals surface area contributed by atoms with Crippen molar-refractivity contribution in [2.24, 2.45) is 14.1 Å². The van der Waals surface area contributed by atoms with Crippen LogP contribution in [0.5, 0.6) is 0 Å². The van der Waals surface area contributed by atoms with Gasteiger partial charge >= 0.3 is 11.7 Å². The second-order valence-electron chi connectivity index (χ2n) is 5.55. The van der Waals surface area contributed by atoms with Crippen molar-refractivity contribution < 1.29 is 9.90 Å². The van der Waals surface area contributed by atoms with Crippen LogP contribution in [-0.2, 0) is 25.3 Å². The molecule has 8 nitrogen and oxygen atoms in total. The first kappa shape index (κ1) is 15.7. The highest BCUT2D eigenvalue weighted by atomic mass is 16.4. The summed E-state index contributed by atoms with van der Waals surface area (Å²) < 4.78 is 4.16. The molecule has 0 bridgehead atoms. The van der Waals surface area contributed by atoms with Gasteiger partial charge in [-0.3, -0.25) is 14.2 Å². The molecule has 0 amide bonds. The number of hydrogen-bond donors (Lipinski definition) is 1. The molecule has 124 valence electrons. The summed E-state index contributed by atoms with van der Waals surface area (Å²) in [4.78, 5) is 39.4. The molecule has 3 heterocycles. The Kier molecular flexibility index (Phi) is 3.80. The van der Waals surface area contributed by atoms with Crippen molar-refractivity contribution >= 4 is 11.6 Å². The van der Waals surface area contributed by atoms with Gasteiger partial charge in [-0.2, -0.15) is 0 Å². The molecule has 3 aromatic rings. The van der Waals surface area contributed by atoms with Gasteiger partial charge in [0.2, 0.25) is 0 Å². The monoisotopic (exact) mass is 328 g/mol. The Morgan fingerprint density at radius 1 is 1.21 bits per heavy atom. The van der Waals surface area contributed by atoms with Gasteiger partial charge < -0.3 is 14.1 Å². The molecule has 0 fully saturated rings. The zero-order valence-corrected chi connectivity index (χ0v) is 13.3. The predicted molar refractivity (Wildman–Crippen MR) is 87.1 cm³/mol. The number of pyridine rings is 1. The summed E-state index contributed by atoms with van der Waals surface area (Å²) in [6, 6.07) is 3.51. The molecule has 3 rings (SSSR count). The van der Waals surface area contributed by atoms with Gasteiger partial charge in [0.05, 0.1) is 12.0 Å². The highest BCUT2D eigenvalue weighted by molar-refractivity contribution is 5.77. The van der Waals surface area contributed by atoms with E-state index in [1.54, 1.807) is 36.0 Å². The van der Waals surface area contributed by atoms with Gasteiger partial charge in [0.1, 0.15) is 5.65 Å². The summed E-state index contributed by atoms with van der Waals surface area (Å²) >= 11 is 0. The Morgan fingerprint density at radius 3 is 2.67 bits per heavy atom. The third kappa shape index (κ3) is 2.51. The minimum absolute atomic E-state index is 0.00817. The van der Waals surface area contributed by atoms with Crippen LogP contribution >= 0.6 is 0 Å². The Hall–Kier alpha value is -3.16. The largest absolute Gasteiger partial charge is 0.481 e. The number of aryl methyl sites for hydroxylation is 2. The van der Waals surface area contributed by atoms with E-state index >= 15 is 0 Å². The third-order valence-electron chi connectivity index (χ3n) is 3.97. The topological polar surface area (TPSA) is 98.6 Å². The number of fused-ring (bicyclic) bond motifs is 1. The molecule has 0 aliphatic carbocycles. The van der Waals surface area contributed by atoms with E-state index in [-0.39, 0.29) is 6.42 Å². The molecule has 0 aromatic carbocycles. The number of aliphatic carboxylic acids is 1. The van der Waals surface area contributed by atoms with Crippen molar-refractivity contribution in [1.82, 2.24) is 18.5 Å². The molecule has 0 aliphatic rings. The van der Waals surface area contributed by atoms with Gasteiger partial charge in [-0.15, -0.1) is 0 Å². The summed E-state index contributed by atoms with van der Waals surface area (Å²) in [5.41, 5.74) is 1.49. The molecule has 8 heteroatoms. The van der Waals surface area contributed by atoms with E-state index < -0.39 is 17.2 Å². The molecular weight excluding hydrogens is 312 g/mol. The average Bonchev–Trinajstić information content (AvgIpc) is 3.04. The zero-order chi connectivity index (χ0) is 17.4. The predicted octanol–water partition coefficient (Wildman–Crippen LogP) is 0.416. The van der Waals surface area contributed by atoms with Crippen LogP contribution in [0.15, 0.2) is 40.3 Å². The van der Waals surface area contributed by atoms with Crippen molar-refractivity contribution in [3.05, 3.63) is 57.3 Å². The lowest BCUT2D eigenvalue weighted by Gasteiger charge is -2.10. The van der Waals surface area contributed by atoms with E-state index in [1.165, 1.54) is 17.8 Å². The molecule has 0 radical (unpaired) electrons. The first-order chi connectivity index (χ1) is 11.4. The Bertz CT molecular complexity index is 1060. The first-order valence-corrected chi connectivity index (χ1v) is 7.34. The molecule has 0 spiro atoms. The number of nitrogens with zero attached hydrogens (tertiary/aromatic N) is 4. The molecule has 0 saturated heterocycles. The van der Waals surface area contributed by atoms with Gasteiger partial charge in [0.25, 0.3) is 5.56 Å². The minimum Gasteiger partial charge on any atom is -0.481 e. The van der Waals surface area contributed by atoms with E-state index in [0.29, 0.717) is 23.2 Å². The highest BCUT2D eigenvalue weighted by Crippen LogP contribution is 2.22. The Morgan fingerprint density at radius 2 is 1.96 bits per heavy atom. The molecule has 1 N–H and O–H groups in total. The van der Waals surface area contributed by atoms with E-state index in [2.05, 4.69) is 4.98 Å². The Labute approximate surface area is 136 Å². The maximum atomic E-state index is 12.4. The fourth-order valence-electron chi connectivity index (χ4n) is 2.71. The number of aromatic nitrogens is 4. The summed E-state index contributed by atoms with van der Waals surface area (Å²) in [7, 11) is 3.01. The maximum Gasteiger partial charge on any atom is 0.330 e. The molecule has 3 aromatic heterocycles. The van der Waals surface area contributed by atoms with Gasteiger partial charge in [0.15, 0.2) is 0 Å². The van der Waals surface area contributed by atoms with Gasteiger partial charge in [-0.25, -0.2) is 9.78 Å². The highest BCUT2D eigenvalue weighted by Gasteiger charge is 2.15. The van der Waals surface area contributed by atoms with Crippen LogP contribution in [0, 0.1) is 0 Å². The van der Waals surface area contributed by atoms with Crippen molar-refractivity contribution in [2.45, 2.75) is 12.8 Å². The van der Waals surface area contributed by atoms with E-state index in [1.807, 2.05) is 0 Å². The van der Waals surface area contributed by atoms with E-state index in [9.17, 15) is 14.4 Å². The van der Waals surface area contributed by atoms with Crippen LogP contribution < -0.4 is 11.2 Å². The lowest BCUT2D eigenvalue weighted by Crippen LogP contribution is -2.37. The van der Waals surface area contributed by atoms with Crippen molar-refractivity contribution in [3.8, 4) is 11.1 Å². The molecular formula is C16H16N4O4. The van der Waals surface area contributed by atoms with Crippen LogP contribution in [0.4, 0.5) is 0 Å². The SMILES string of the molecule is Cn1cc(-c2ccc(CCC(=O)O)n3ccnc23)c(=O)n(C)c1=O. The van der Waals surface area contributed by atoms with Gasteiger partial charge in [-0.1, -0.05) is 0 Å². The second kappa shape index (κ2) is 5.80. The quantitative estimate of drug-likeness (QED) is 0.748. The smallest absolute Gasteiger partial charge is 0.330 e. The summed E-state index contributed by atoms with van der Waals surface area (Å²) in [6.07, 6.45) is 5.17. The molecule has 0 atom stereocenters. The number of imidazole rings is 1. The average molecular weight is 328 g/mol. The number of hydrogen-bond acceptors (Lipinski definition) is 4. The lowest BCUT2D eigenvalue weighted by atomic mass is 10.1.